The molecule has 2 heterocycles. The molecule has 0 unspecified atom stereocenters. The molecule has 0 fully saturated rings. The highest BCUT2D eigenvalue weighted by molar-refractivity contribution is 5.63. The van der Waals surface area contributed by atoms with Gasteiger partial charge in [-0.15, -0.1) is 0 Å². The summed E-state index contributed by atoms with van der Waals surface area (Å²) < 4.78 is 2.18. The van der Waals surface area contributed by atoms with Crippen LogP contribution in [-0.2, 0) is 0 Å². The predicted molar refractivity (Wildman–Crippen MR) is 73.7 cm³/mol. The van der Waals surface area contributed by atoms with E-state index < -0.39 is 0 Å². The van der Waals surface area contributed by atoms with E-state index in [4.69, 9.17) is 0 Å². The van der Waals surface area contributed by atoms with Crippen molar-refractivity contribution in [2.24, 2.45) is 0 Å². The van der Waals surface area contributed by atoms with Crippen LogP contribution in [0.15, 0.2) is 66.9 Å². The molecule has 2 nitrogen and oxygen atoms in total. The van der Waals surface area contributed by atoms with Crippen molar-refractivity contribution in [2.75, 3.05) is 0 Å². The molecule has 2 aromatic heterocycles. The van der Waals surface area contributed by atoms with Crippen molar-refractivity contribution < 1.29 is 0 Å². The molecule has 3 rings (SSSR count). The normalized spacial score (nSPS) is 10.5. The van der Waals surface area contributed by atoms with Crippen LogP contribution in [0, 0.1) is 6.92 Å². The van der Waals surface area contributed by atoms with Gasteiger partial charge in [0, 0.05) is 11.9 Å². The first-order valence-corrected chi connectivity index (χ1v) is 6.01. The van der Waals surface area contributed by atoms with E-state index in [1.165, 1.54) is 17.0 Å². The lowest BCUT2D eigenvalue weighted by atomic mass is 10.1. The van der Waals surface area contributed by atoms with Crippen LogP contribution in [0.2, 0.25) is 0 Å². The Hall–Kier alpha value is -2.35. The molecular weight excluding hydrogens is 220 g/mol. The molecule has 2 heteroatoms. The van der Waals surface area contributed by atoms with Gasteiger partial charge in [-0.2, -0.15) is 0 Å². The Morgan fingerprint density at radius 3 is 2.33 bits per heavy atom. The molecule has 18 heavy (non-hydrogen) atoms. The summed E-state index contributed by atoms with van der Waals surface area (Å²) in [4.78, 5) is 4.43. The monoisotopic (exact) mass is 234 g/mol. The molecule has 0 N–H and O–H groups in total. The lowest BCUT2D eigenvalue weighted by Crippen LogP contribution is -2.00. The predicted octanol–water partition coefficient (Wildman–Crippen LogP) is 3.85. The molecule has 1 aromatic carbocycles. The highest BCUT2D eigenvalue weighted by Gasteiger charge is 2.09. The molecule has 0 aliphatic rings. The van der Waals surface area contributed by atoms with Gasteiger partial charge in [0.15, 0.2) is 0 Å². The number of nitrogens with zero attached hydrogens (tertiary/aromatic N) is 2. The standard InChI is InChI=1S/C16H14N2/c1-13-10-11-15(14-7-3-2-4-8-14)18(13)16-9-5-6-12-17-16/h2-12H,1H3. The van der Waals surface area contributed by atoms with E-state index in [1.54, 1.807) is 0 Å². The summed E-state index contributed by atoms with van der Waals surface area (Å²) in [7, 11) is 0. The average Bonchev–Trinajstić information content (AvgIpc) is 2.83. The van der Waals surface area contributed by atoms with Crippen molar-refractivity contribution in [1.82, 2.24) is 9.55 Å². The van der Waals surface area contributed by atoms with Crippen molar-refractivity contribution in [3.8, 4) is 17.1 Å². The van der Waals surface area contributed by atoms with Crippen LogP contribution in [0.1, 0.15) is 5.69 Å². The Kier molecular flexibility index (Phi) is 2.69. The maximum Gasteiger partial charge on any atom is 0.137 e. The van der Waals surface area contributed by atoms with Crippen LogP contribution in [-0.4, -0.2) is 9.55 Å². The van der Waals surface area contributed by atoms with Crippen LogP contribution in [0.3, 0.4) is 0 Å². The molecule has 0 atom stereocenters. The van der Waals surface area contributed by atoms with Gasteiger partial charge in [-0.05, 0) is 36.8 Å². The number of aryl methyl sites for hydroxylation is 1. The number of pyridine rings is 1. The fourth-order valence-electron chi connectivity index (χ4n) is 2.16. The zero-order valence-electron chi connectivity index (χ0n) is 10.2. The maximum atomic E-state index is 4.43. The molecular formula is C16H14N2. The van der Waals surface area contributed by atoms with E-state index >= 15 is 0 Å². The average molecular weight is 234 g/mol. The fraction of sp³-hybridized carbons (Fsp3) is 0.0625. The number of aromatic nitrogens is 2. The summed E-state index contributed by atoms with van der Waals surface area (Å²) >= 11 is 0. The third-order valence-corrected chi connectivity index (χ3v) is 3.02. The maximum absolute atomic E-state index is 4.43. The summed E-state index contributed by atoms with van der Waals surface area (Å²) in [5, 5.41) is 0. The lowest BCUT2D eigenvalue weighted by molar-refractivity contribution is 0.969. The van der Waals surface area contributed by atoms with E-state index in [1.807, 2.05) is 30.5 Å². The molecule has 0 amide bonds. The third-order valence-electron chi connectivity index (χ3n) is 3.02. The summed E-state index contributed by atoms with van der Waals surface area (Å²) in [5.41, 5.74) is 3.57. The Morgan fingerprint density at radius 1 is 0.833 bits per heavy atom. The van der Waals surface area contributed by atoms with Crippen molar-refractivity contribution in [3.05, 3.63) is 72.6 Å². The van der Waals surface area contributed by atoms with Gasteiger partial charge in [0.1, 0.15) is 5.82 Å². The van der Waals surface area contributed by atoms with Gasteiger partial charge in [0.05, 0.1) is 5.69 Å². The second kappa shape index (κ2) is 4.49. The molecule has 0 spiro atoms. The van der Waals surface area contributed by atoms with Gasteiger partial charge in [0.25, 0.3) is 0 Å². The number of benzene rings is 1. The number of hydrogen-bond donors (Lipinski definition) is 0. The molecule has 0 aliphatic heterocycles. The Balaban J connectivity index is 2.19. The highest BCUT2D eigenvalue weighted by Crippen LogP contribution is 2.25. The Morgan fingerprint density at radius 2 is 1.61 bits per heavy atom. The van der Waals surface area contributed by atoms with E-state index in [9.17, 15) is 0 Å². The van der Waals surface area contributed by atoms with Crippen molar-refractivity contribution in [2.45, 2.75) is 6.92 Å². The van der Waals surface area contributed by atoms with Crippen molar-refractivity contribution in [3.63, 3.8) is 0 Å². The molecule has 88 valence electrons. The highest BCUT2D eigenvalue weighted by atomic mass is 15.1. The minimum atomic E-state index is 0.957. The second-order valence-corrected chi connectivity index (χ2v) is 4.25. The first-order valence-electron chi connectivity index (χ1n) is 6.01. The van der Waals surface area contributed by atoms with Gasteiger partial charge < -0.3 is 0 Å². The van der Waals surface area contributed by atoms with Crippen LogP contribution >= 0.6 is 0 Å². The van der Waals surface area contributed by atoms with Crippen LogP contribution in [0.5, 0.6) is 0 Å². The van der Waals surface area contributed by atoms with Gasteiger partial charge >= 0.3 is 0 Å². The molecule has 0 aliphatic carbocycles. The van der Waals surface area contributed by atoms with Crippen LogP contribution < -0.4 is 0 Å². The fourth-order valence-corrected chi connectivity index (χ4v) is 2.16. The number of rotatable bonds is 2. The first kappa shape index (κ1) is 10.8. The third kappa shape index (κ3) is 1.82. The molecule has 0 bridgehead atoms. The van der Waals surface area contributed by atoms with Crippen LogP contribution in [0.4, 0.5) is 0 Å². The second-order valence-electron chi connectivity index (χ2n) is 4.25. The topological polar surface area (TPSA) is 17.8 Å². The minimum absolute atomic E-state index is 0.957. The Bertz CT molecular complexity index is 639. The molecule has 3 aromatic rings. The lowest BCUT2D eigenvalue weighted by Gasteiger charge is -2.10. The van der Waals surface area contributed by atoms with E-state index in [-0.39, 0.29) is 0 Å². The van der Waals surface area contributed by atoms with Gasteiger partial charge in [0.2, 0.25) is 0 Å². The summed E-state index contributed by atoms with van der Waals surface area (Å²) in [6.07, 6.45) is 1.82. The van der Waals surface area contributed by atoms with Crippen LogP contribution in [0.25, 0.3) is 17.1 Å². The summed E-state index contributed by atoms with van der Waals surface area (Å²) in [5.74, 6) is 0.957. The quantitative estimate of drug-likeness (QED) is 0.658. The zero-order valence-corrected chi connectivity index (χ0v) is 10.2. The van der Waals surface area contributed by atoms with Crippen molar-refractivity contribution in [1.29, 1.82) is 0 Å². The molecule has 0 saturated carbocycles. The van der Waals surface area contributed by atoms with Gasteiger partial charge in [-0.1, -0.05) is 36.4 Å². The van der Waals surface area contributed by atoms with Gasteiger partial charge in [-0.25, -0.2) is 4.98 Å². The van der Waals surface area contributed by atoms with Crippen molar-refractivity contribution >= 4 is 0 Å². The number of hydrogen-bond acceptors (Lipinski definition) is 1. The summed E-state index contributed by atoms with van der Waals surface area (Å²) in [6, 6.07) is 20.6. The SMILES string of the molecule is Cc1ccc(-c2ccccc2)n1-c1ccccn1. The molecule has 0 saturated heterocycles. The van der Waals surface area contributed by atoms with E-state index in [0.29, 0.717) is 0 Å². The van der Waals surface area contributed by atoms with E-state index in [0.717, 1.165) is 5.82 Å². The minimum Gasteiger partial charge on any atom is -0.299 e. The Labute approximate surface area is 107 Å². The zero-order chi connectivity index (χ0) is 12.4. The largest absolute Gasteiger partial charge is 0.299 e. The van der Waals surface area contributed by atoms with Gasteiger partial charge in [-0.3, -0.25) is 4.57 Å². The first-order chi connectivity index (χ1) is 8.86. The molecule has 0 radical (unpaired) electrons. The van der Waals surface area contributed by atoms with E-state index in [2.05, 4.69) is 52.9 Å². The smallest absolute Gasteiger partial charge is 0.137 e. The summed E-state index contributed by atoms with van der Waals surface area (Å²) in [6.45, 7) is 2.10.